The van der Waals surface area contributed by atoms with E-state index in [1.54, 1.807) is 6.08 Å². The molecule has 25 heavy (non-hydrogen) atoms. The van der Waals surface area contributed by atoms with Crippen LogP contribution in [-0.4, -0.2) is 51.3 Å². The summed E-state index contributed by atoms with van der Waals surface area (Å²) in [5.41, 5.74) is 2.84. The maximum atomic E-state index is 12.3. The first-order valence-electron chi connectivity index (χ1n) is 8.35. The second-order valence-corrected chi connectivity index (χ2v) is 6.74. The summed E-state index contributed by atoms with van der Waals surface area (Å²) in [4.78, 5) is 26.2. The third-order valence-electron chi connectivity index (χ3n) is 4.67. The minimum absolute atomic E-state index is 0.166. The lowest BCUT2D eigenvalue weighted by Crippen LogP contribution is -2.37. The molecule has 1 saturated heterocycles. The summed E-state index contributed by atoms with van der Waals surface area (Å²) in [6.07, 6.45) is 0.815. The lowest BCUT2D eigenvalue weighted by atomic mass is 9.83. The molecule has 0 N–H and O–H groups in total. The zero-order valence-electron chi connectivity index (χ0n) is 14.8. The summed E-state index contributed by atoms with van der Waals surface area (Å²) < 4.78 is 15.5. The molecule has 1 aromatic rings. The number of fused-ring (bicyclic) bond motifs is 1. The second kappa shape index (κ2) is 6.98. The number of likely N-dealkylation sites (N-methyl/N-ethyl adjacent to an activating group) is 1. The van der Waals surface area contributed by atoms with Crippen molar-refractivity contribution in [3.63, 3.8) is 0 Å². The molecule has 0 aliphatic carbocycles. The van der Waals surface area contributed by atoms with Gasteiger partial charge in [0.1, 0.15) is 0 Å². The minimum Gasteiger partial charge on any atom is -0.455 e. The predicted octanol–water partition coefficient (Wildman–Crippen LogP) is 1.83. The largest absolute Gasteiger partial charge is 0.455 e. The van der Waals surface area contributed by atoms with Crippen molar-refractivity contribution in [2.45, 2.75) is 25.4 Å². The molecule has 0 spiro atoms. The third-order valence-corrected chi connectivity index (χ3v) is 4.67. The topological polar surface area (TPSA) is 65.1 Å². The van der Waals surface area contributed by atoms with E-state index in [1.807, 2.05) is 30.1 Å². The quantitative estimate of drug-likeness (QED) is 0.613. The third kappa shape index (κ3) is 3.45. The molecule has 0 amide bonds. The Morgan fingerprint density at radius 3 is 2.76 bits per heavy atom. The smallest absolute Gasteiger partial charge is 0.338 e. The molecular formula is C19H23NO5. The van der Waals surface area contributed by atoms with Gasteiger partial charge in [-0.25, -0.2) is 4.79 Å². The number of hydrogen-bond acceptors (Lipinski definition) is 6. The van der Waals surface area contributed by atoms with E-state index < -0.39 is 12.1 Å². The Morgan fingerprint density at radius 1 is 1.32 bits per heavy atom. The average Bonchev–Trinajstić information content (AvgIpc) is 2.82. The van der Waals surface area contributed by atoms with E-state index in [4.69, 9.17) is 14.2 Å². The van der Waals surface area contributed by atoms with E-state index >= 15 is 0 Å². The first-order chi connectivity index (χ1) is 11.9. The lowest BCUT2D eigenvalue weighted by Gasteiger charge is -2.24. The number of carbonyl (C=O) groups is 2. The maximum absolute atomic E-state index is 12.3. The number of ether oxygens (including phenoxy) is 3. The Hall–Kier alpha value is -2.18. The van der Waals surface area contributed by atoms with Crippen LogP contribution >= 0.6 is 0 Å². The molecule has 2 aliphatic rings. The molecule has 0 radical (unpaired) electrons. The molecule has 6 nitrogen and oxygen atoms in total. The van der Waals surface area contributed by atoms with Crippen molar-refractivity contribution < 1.29 is 23.8 Å². The lowest BCUT2D eigenvalue weighted by molar-refractivity contribution is -0.171. The minimum atomic E-state index is -0.746. The van der Waals surface area contributed by atoms with Gasteiger partial charge in [0.05, 0.1) is 19.8 Å². The Kier molecular flexibility index (Phi) is 4.92. The highest BCUT2D eigenvalue weighted by Crippen LogP contribution is 2.46. The molecule has 1 unspecified atom stereocenters. The maximum Gasteiger partial charge on any atom is 0.338 e. The van der Waals surface area contributed by atoms with Crippen molar-refractivity contribution in [3.8, 4) is 0 Å². The fraction of sp³-hybridized carbons (Fsp3) is 0.474. The normalized spacial score (nSPS) is 23.4. The van der Waals surface area contributed by atoms with Crippen LogP contribution in [0.1, 0.15) is 19.4 Å². The molecule has 0 bridgehead atoms. The van der Waals surface area contributed by atoms with Crippen molar-refractivity contribution in [1.29, 1.82) is 0 Å². The van der Waals surface area contributed by atoms with Crippen LogP contribution in [-0.2, 0) is 29.2 Å². The number of rotatable bonds is 4. The summed E-state index contributed by atoms with van der Waals surface area (Å²) >= 11 is 0. The van der Waals surface area contributed by atoms with Crippen molar-refractivity contribution in [1.82, 2.24) is 0 Å². The van der Waals surface area contributed by atoms with E-state index in [0.29, 0.717) is 13.2 Å². The second-order valence-electron chi connectivity index (χ2n) is 6.74. The van der Waals surface area contributed by atoms with Crippen molar-refractivity contribution in [3.05, 3.63) is 41.6 Å². The van der Waals surface area contributed by atoms with Crippen LogP contribution in [0.4, 0.5) is 5.69 Å². The zero-order chi connectivity index (χ0) is 18.0. The van der Waals surface area contributed by atoms with Crippen molar-refractivity contribution in [2.75, 3.05) is 38.4 Å². The molecule has 1 fully saturated rings. The summed E-state index contributed by atoms with van der Waals surface area (Å²) in [6, 6.07) is 8.07. The van der Waals surface area contributed by atoms with E-state index in [1.165, 1.54) is 5.56 Å². The highest BCUT2D eigenvalue weighted by atomic mass is 16.6. The zero-order valence-corrected chi connectivity index (χ0v) is 14.8. The average molecular weight is 345 g/mol. The van der Waals surface area contributed by atoms with Crippen LogP contribution in [0.2, 0.25) is 0 Å². The van der Waals surface area contributed by atoms with Crippen LogP contribution < -0.4 is 4.90 Å². The number of para-hydroxylation sites is 1. The number of esters is 1. The summed E-state index contributed by atoms with van der Waals surface area (Å²) in [7, 11) is 1.94. The van der Waals surface area contributed by atoms with E-state index in [9.17, 15) is 9.59 Å². The molecule has 3 rings (SSSR count). The SMILES string of the molecule is CN1/C(=C\C(=O)COC(=O)C2COCCO2)C(C)(C)c2ccccc21. The number of carbonyl (C=O) groups excluding carboxylic acids is 2. The van der Waals surface area contributed by atoms with Gasteiger partial charge >= 0.3 is 5.97 Å². The van der Waals surface area contributed by atoms with Crippen LogP contribution in [0, 0.1) is 0 Å². The van der Waals surface area contributed by atoms with Gasteiger partial charge in [0.15, 0.2) is 18.5 Å². The van der Waals surface area contributed by atoms with E-state index in [0.717, 1.165) is 11.4 Å². The fourth-order valence-corrected chi connectivity index (χ4v) is 3.31. The van der Waals surface area contributed by atoms with Gasteiger partial charge in [-0.2, -0.15) is 0 Å². The van der Waals surface area contributed by atoms with Crippen LogP contribution in [0.15, 0.2) is 36.0 Å². The number of allylic oxidation sites excluding steroid dienone is 1. The number of ketones is 1. The molecular weight excluding hydrogens is 322 g/mol. The number of nitrogens with zero attached hydrogens (tertiary/aromatic N) is 1. The van der Waals surface area contributed by atoms with E-state index in [-0.39, 0.29) is 24.4 Å². The Morgan fingerprint density at radius 2 is 2.08 bits per heavy atom. The highest BCUT2D eigenvalue weighted by Gasteiger charge is 2.38. The molecule has 0 aromatic heterocycles. The van der Waals surface area contributed by atoms with Gasteiger partial charge in [-0.15, -0.1) is 0 Å². The summed E-state index contributed by atoms with van der Waals surface area (Å²) in [5, 5.41) is 0. The Bertz CT molecular complexity index is 704. The van der Waals surface area contributed by atoms with Gasteiger partial charge in [-0.1, -0.05) is 32.0 Å². The molecule has 1 atom stereocenters. The highest BCUT2D eigenvalue weighted by molar-refractivity contribution is 5.94. The van der Waals surface area contributed by atoms with Crippen LogP contribution in [0.5, 0.6) is 0 Å². The Labute approximate surface area is 147 Å². The Balaban J connectivity index is 1.66. The summed E-state index contributed by atoms with van der Waals surface area (Å²) in [5.74, 6) is -0.818. The molecule has 1 aromatic carbocycles. The molecule has 2 aliphatic heterocycles. The van der Waals surface area contributed by atoms with Gasteiger partial charge in [-0.05, 0) is 11.6 Å². The van der Waals surface area contributed by atoms with Gasteiger partial charge in [0, 0.05) is 29.9 Å². The number of hydrogen-bond donors (Lipinski definition) is 0. The molecule has 2 heterocycles. The van der Waals surface area contributed by atoms with Gasteiger partial charge < -0.3 is 19.1 Å². The molecule has 134 valence electrons. The number of anilines is 1. The van der Waals surface area contributed by atoms with Gasteiger partial charge in [0.25, 0.3) is 0 Å². The standard InChI is InChI=1S/C19H23NO5/c1-19(2)14-6-4-5-7-15(14)20(3)17(19)10-13(21)11-25-18(22)16-12-23-8-9-24-16/h4-7,10,16H,8-9,11-12H2,1-3H3/b17-10-. The van der Waals surface area contributed by atoms with Gasteiger partial charge in [0.2, 0.25) is 0 Å². The molecule has 0 saturated carbocycles. The summed E-state index contributed by atoms with van der Waals surface area (Å²) in [6.45, 7) is 4.84. The predicted molar refractivity (Wildman–Crippen MR) is 92.5 cm³/mol. The fourth-order valence-electron chi connectivity index (χ4n) is 3.31. The van der Waals surface area contributed by atoms with Gasteiger partial charge in [-0.3, -0.25) is 4.79 Å². The molecule has 6 heteroatoms. The van der Waals surface area contributed by atoms with Crippen LogP contribution in [0.3, 0.4) is 0 Å². The van der Waals surface area contributed by atoms with Crippen molar-refractivity contribution in [2.24, 2.45) is 0 Å². The first kappa shape index (κ1) is 17.6. The van der Waals surface area contributed by atoms with Crippen LogP contribution in [0.25, 0.3) is 0 Å². The van der Waals surface area contributed by atoms with Crippen molar-refractivity contribution >= 4 is 17.4 Å². The number of benzene rings is 1. The van der Waals surface area contributed by atoms with E-state index in [2.05, 4.69) is 19.9 Å². The monoisotopic (exact) mass is 345 g/mol. The first-order valence-corrected chi connectivity index (χ1v) is 8.35.